The van der Waals surface area contributed by atoms with Crippen LogP contribution >= 0.6 is 11.3 Å². The zero-order valence-electron chi connectivity index (χ0n) is 12.6. The molecule has 4 N–H and O–H groups in total. The number of anilines is 1. The molecule has 2 aromatic rings. The Balaban J connectivity index is 2.09. The Morgan fingerprint density at radius 2 is 2.05 bits per heavy atom. The standard InChI is InChI=1S/C16H19N3O2S/c1-10-12(15(20)18-2)6-3-7-14(10)19-16(21)13(17)9-11-5-4-8-22-11/h3-8,13H,9,17H2,1-2H3,(H,18,20)(H,19,21). The predicted molar refractivity (Wildman–Crippen MR) is 89.2 cm³/mol. The minimum Gasteiger partial charge on any atom is -0.355 e. The van der Waals surface area contributed by atoms with Crippen molar-refractivity contribution in [1.29, 1.82) is 0 Å². The van der Waals surface area contributed by atoms with Crippen LogP contribution in [0.4, 0.5) is 5.69 Å². The number of carbonyl (C=O) groups excluding carboxylic acids is 2. The molecule has 0 aliphatic heterocycles. The van der Waals surface area contributed by atoms with Crippen molar-refractivity contribution >= 4 is 28.8 Å². The summed E-state index contributed by atoms with van der Waals surface area (Å²) in [6.07, 6.45) is 0.498. The number of nitrogens with one attached hydrogen (secondary N) is 2. The summed E-state index contributed by atoms with van der Waals surface area (Å²) in [5, 5.41) is 7.34. The topological polar surface area (TPSA) is 84.2 Å². The average Bonchev–Trinajstić information content (AvgIpc) is 3.01. The largest absolute Gasteiger partial charge is 0.355 e. The lowest BCUT2D eigenvalue weighted by Gasteiger charge is -2.15. The van der Waals surface area contributed by atoms with E-state index >= 15 is 0 Å². The average molecular weight is 317 g/mol. The summed E-state index contributed by atoms with van der Waals surface area (Å²) in [6, 6.07) is 8.48. The summed E-state index contributed by atoms with van der Waals surface area (Å²) in [4.78, 5) is 25.0. The fourth-order valence-electron chi connectivity index (χ4n) is 2.12. The van der Waals surface area contributed by atoms with Crippen molar-refractivity contribution in [3.63, 3.8) is 0 Å². The van der Waals surface area contributed by atoms with Crippen molar-refractivity contribution < 1.29 is 9.59 Å². The molecular weight excluding hydrogens is 298 g/mol. The molecule has 0 aliphatic carbocycles. The molecule has 1 atom stereocenters. The Morgan fingerprint density at radius 1 is 1.27 bits per heavy atom. The normalized spacial score (nSPS) is 11.8. The number of rotatable bonds is 5. The molecule has 0 spiro atoms. The Labute approximate surface area is 133 Å². The highest BCUT2D eigenvalue weighted by molar-refractivity contribution is 7.09. The molecule has 0 radical (unpaired) electrons. The van der Waals surface area contributed by atoms with Crippen LogP contribution < -0.4 is 16.4 Å². The summed E-state index contributed by atoms with van der Waals surface area (Å²) in [6.45, 7) is 1.80. The van der Waals surface area contributed by atoms with Crippen LogP contribution in [0, 0.1) is 6.92 Å². The molecule has 0 saturated carbocycles. The number of thiophene rings is 1. The highest BCUT2D eigenvalue weighted by Gasteiger charge is 2.17. The Morgan fingerprint density at radius 3 is 2.68 bits per heavy atom. The summed E-state index contributed by atoms with van der Waals surface area (Å²) >= 11 is 1.57. The van der Waals surface area contributed by atoms with Gasteiger partial charge in [0.25, 0.3) is 5.91 Å². The predicted octanol–water partition coefficient (Wildman–Crippen LogP) is 1.92. The third kappa shape index (κ3) is 3.72. The van der Waals surface area contributed by atoms with Crippen LogP contribution in [-0.2, 0) is 11.2 Å². The molecule has 2 rings (SSSR count). The second-order valence-corrected chi connectivity index (χ2v) is 5.97. The molecule has 0 fully saturated rings. The van der Waals surface area contributed by atoms with Gasteiger partial charge in [-0.3, -0.25) is 9.59 Å². The first-order valence-electron chi connectivity index (χ1n) is 6.93. The maximum absolute atomic E-state index is 12.2. The fourth-order valence-corrected chi connectivity index (χ4v) is 2.88. The third-order valence-corrected chi connectivity index (χ3v) is 4.30. The smallest absolute Gasteiger partial charge is 0.251 e. The molecule has 0 aliphatic rings. The van der Waals surface area contributed by atoms with Crippen molar-refractivity contribution in [1.82, 2.24) is 5.32 Å². The van der Waals surface area contributed by atoms with E-state index in [1.807, 2.05) is 17.5 Å². The first-order chi connectivity index (χ1) is 10.5. The van der Waals surface area contributed by atoms with Gasteiger partial charge < -0.3 is 16.4 Å². The Hall–Kier alpha value is -2.18. The van der Waals surface area contributed by atoms with E-state index in [2.05, 4.69) is 10.6 Å². The zero-order chi connectivity index (χ0) is 16.1. The van der Waals surface area contributed by atoms with E-state index in [0.29, 0.717) is 17.7 Å². The monoisotopic (exact) mass is 317 g/mol. The molecule has 6 heteroatoms. The molecule has 116 valence electrons. The highest BCUT2D eigenvalue weighted by atomic mass is 32.1. The van der Waals surface area contributed by atoms with Gasteiger partial charge in [-0.25, -0.2) is 0 Å². The summed E-state index contributed by atoms with van der Waals surface area (Å²) < 4.78 is 0. The van der Waals surface area contributed by atoms with Crippen molar-refractivity contribution in [3.05, 3.63) is 51.7 Å². The lowest BCUT2D eigenvalue weighted by molar-refractivity contribution is -0.117. The van der Waals surface area contributed by atoms with E-state index in [1.165, 1.54) is 0 Å². The number of hydrogen-bond donors (Lipinski definition) is 3. The molecule has 1 aromatic heterocycles. The van der Waals surface area contributed by atoms with E-state index in [1.54, 1.807) is 43.5 Å². The third-order valence-electron chi connectivity index (χ3n) is 3.40. The molecule has 0 saturated heterocycles. The van der Waals surface area contributed by atoms with Gasteiger partial charge in [0.2, 0.25) is 5.91 Å². The number of nitrogens with two attached hydrogens (primary N) is 1. The van der Waals surface area contributed by atoms with Crippen LogP contribution in [0.1, 0.15) is 20.8 Å². The molecule has 1 unspecified atom stereocenters. The molecule has 22 heavy (non-hydrogen) atoms. The summed E-state index contributed by atoms with van der Waals surface area (Å²) in [5.74, 6) is -0.443. The van der Waals surface area contributed by atoms with E-state index in [9.17, 15) is 9.59 Å². The van der Waals surface area contributed by atoms with Crippen molar-refractivity contribution in [2.75, 3.05) is 12.4 Å². The van der Waals surface area contributed by atoms with Gasteiger partial charge in [-0.1, -0.05) is 12.1 Å². The first-order valence-corrected chi connectivity index (χ1v) is 7.81. The Bertz CT molecular complexity index is 668. The van der Waals surface area contributed by atoms with Gasteiger partial charge in [0, 0.05) is 29.6 Å². The molecule has 1 aromatic carbocycles. The van der Waals surface area contributed by atoms with Crippen LogP contribution in [-0.4, -0.2) is 24.9 Å². The van der Waals surface area contributed by atoms with Gasteiger partial charge in [-0.05, 0) is 36.1 Å². The lowest BCUT2D eigenvalue weighted by atomic mass is 10.1. The van der Waals surface area contributed by atoms with Crippen molar-refractivity contribution in [2.45, 2.75) is 19.4 Å². The number of carbonyl (C=O) groups is 2. The van der Waals surface area contributed by atoms with E-state index in [0.717, 1.165) is 10.4 Å². The van der Waals surface area contributed by atoms with Crippen molar-refractivity contribution in [2.24, 2.45) is 5.73 Å². The van der Waals surface area contributed by atoms with E-state index in [4.69, 9.17) is 5.73 Å². The van der Waals surface area contributed by atoms with Gasteiger partial charge in [0.1, 0.15) is 0 Å². The van der Waals surface area contributed by atoms with Crippen LogP contribution in [0.15, 0.2) is 35.7 Å². The van der Waals surface area contributed by atoms with E-state index in [-0.39, 0.29) is 11.8 Å². The summed E-state index contributed by atoms with van der Waals surface area (Å²) in [7, 11) is 1.57. The van der Waals surface area contributed by atoms with Crippen LogP contribution in [0.5, 0.6) is 0 Å². The Kier molecular flexibility index (Phi) is 5.30. The fraction of sp³-hybridized carbons (Fsp3) is 0.250. The second kappa shape index (κ2) is 7.20. The molecule has 5 nitrogen and oxygen atoms in total. The molecule has 1 heterocycles. The second-order valence-electron chi connectivity index (χ2n) is 4.94. The molecule has 2 amide bonds. The minimum atomic E-state index is -0.623. The van der Waals surface area contributed by atoms with E-state index < -0.39 is 6.04 Å². The van der Waals surface area contributed by atoms with Gasteiger partial charge in [-0.15, -0.1) is 11.3 Å². The lowest BCUT2D eigenvalue weighted by Crippen LogP contribution is -2.37. The molecular formula is C16H19N3O2S. The maximum atomic E-state index is 12.2. The van der Waals surface area contributed by atoms with Gasteiger partial charge in [-0.2, -0.15) is 0 Å². The number of amides is 2. The van der Waals surface area contributed by atoms with Crippen LogP contribution in [0.25, 0.3) is 0 Å². The van der Waals surface area contributed by atoms with Gasteiger partial charge in [0.15, 0.2) is 0 Å². The van der Waals surface area contributed by atoms with Crippen molar-refractivity contribution in [3.8, 4) is 0 Å². The maximum Gasteiger partial charge on any atom is 0.251 e. The minimum absolute atomic E-state index is 0.184. The summed E-state index contributed by atoms with van der Waals surface area (Å²) in [5.41, 5.74) is 7.81. The molecule has 0 bridgehead atoms. The quantitative estimate of drug-likeness (QED) is 0.788. The van der Waals surface area contributed by atoms with Crippen LogP contribution in [0.3, 0.4) is 0 Å². The number of hydrogen-bond acceptors (Lipinski definition) is 4. The van der Waals surface area contributed by atoms with Gasteiger partial charge >= 0.3 is 0 Å². The zero-order valence-corrected chi connectivity index (χ0v) is 13.4. The van der Waals surface area contributed by atoms with Gasteiger partial charge in [0.05, 0.1) is 6.04 Å². The number of benzene rings is 1. The highest BCUT2D eigenvalue weighted by Crippen LogP contribution is 2.19. The van der Waals surface area contributed by atoms with Crippen LogP contribution in [0.2, 0.25) is 0 Å². The SMILES string of the molecule is CNC(=O)c1cccc(NC(=O)C(N)Cc2cccs2)c1C. The first kappa shape index (κ1) is 16.2.